The van der Waals surface area contributed by atoms with E-state index in [-0.39, 0.29) is 43.3 Å². The molecule has 1 rings (SSSR count). The van der Waals surface area contributed by atoms with E-state index >= 15 is 0 Å². The molecule has 16 heavy (non-hydrogen) atoms. The van der Waals surface area contributed by atoms with Crippen LogP contribution in [0.1, 0.15) is 26.2 Å². The third-order valence-electron chi connectivity index (χ3n) is 2.67. The Hall–Kier alpha value is -0.940. The number of esters is 1. The average molecular weight is 229 g/mol. The minimum atomic E-state index is -0.333. The van der Waals surface area contributed by atoms with Crippen molar-refractivity contribution in [3.05, 3.63) is 0 Å². The molecular formula is C11H19NO4. The fourth-order valence-electron chi connectivity index (χ4n) is 1.67. The van der Waals surface area contributed by atoms with Crippen LogP contribution < -0.4 is 5.32 Å². The Balaban J connectivity index is 2.18. The van der Waals surface area contributed by atoms with Crippen LogP contribution in [0.25, 0.3) is 0 Å². The van der Waals surface area contributed by atoms with Gasteiger partial charge in [0, 0.05) is 19.1 Å². The molecule has 5 nitrogen and oxygen atoms in total. The fraction of sp³-hybridized carbons (Fsp3) is 0.818. The summed E-state index contributed by atoms with van der Waals surface area (Å²) >= 11 is 0. The maximum atomic E-state index is 11.2. The van der Waals surface area contributed by atoms with E-state index in [9.17, 15) is 9.59 Å². The molecule has 0 aliphatic carbocycles. The molecule has 0 aromatic carbocycles. The highest BCUT2D eigenvalue weighted by Gasteiger charge is 2.27. The summed E-state index contributed by atoms with van der Waals surface area (Å²) in [6.45, 7) is 2.42. The molecule has 0 saturated carbocycles. The molecule has 0 bridgehead atoms. The molecule has 1 fully saturated rings. The summed E-state index contributed by atoms with van der Waals surface area (Å²) in [6, 6.07) is 0.251. The lowest BCUT2D eigenvalue weighted by Gasteiger charge is -2.17. The van der Waals surface area contributed by atoms with Gasteiger partial charge >= 0.3 is 5.97 Å². The largest absolute Gasteiger partial charge is 0.463 e. The molecular weight excluding hydrogens is 210 g/mol. The van der Waals surface area contributed by atoms with Crippen LogP contribution in [0, 0.1) is 0 Å². The third-order valence-corrected chi connectivity index (χ3v) is 2.67. The molecule has 0 aromatic rings. The monoisotopic (exact) mass is 229 g/mol. The topological polar surface area (TPSA) is 64.6 Å². The molecule has 1 heterocycles. The number of ether oxygens (including phenoxy) is 2. The Morgan fingerprint density at radius 3 is 2.81 bits per heavy atom. The lowest BCUT2D eigenvalue weighted by atomic mass is 10.1. The first-order valence-electron chi connectivity index (χ1n) is 5.57. The van der Waals surface area contributed by atoms with Crippen LogP contribution >= 0.6 is 0 Å². The third kappa shape index (κ3) is 4.28. The Labute approximate surface area is 95.5 Å². The first-order chi connectivity index (χ1) is 7.63. The number of ketones is 1. The normalized spacial score (nSPS) is 24.4. The van der Waals surface area contributed by atoms with E-state index in [4.69, 9.17) is 9.47 Å². The highest BCUT2D eigenvalue weighted by Crippen LogP contribution is 2.13. The van der Waals surface area contributed by atoms with E-state index in [1.807, 2.05) is 7.05 Å². The summed E-state index contributed by atoms with van der Waals surface area (Å²) in [5, 5.41) is 3.12. The number of rotatable bonds is 6. The number of nitrogens with one attached hydrogen (secondary N) is 1. The Morgan fingerprint density at radius 1 is 1.44 bits per heavy atom. The van der Waals surface area contributed by atoms with Gasteiger partial charge in [-0.05, 0) is 20.4 Å². The van der Waals surface area contributed by atoms with E-state index in [1.54, 1.807) is 0 Å². The van der Waals surface area contributed by atoms with Gasteiger partial charge in [0.15, 0.2) is 0 Å². The molecule has 5 heteroatoms. The second kappa shape index (κ2) is 6.60. The van der Waals surface area contributed by atoms with Crippen molar-refractivity contribution in [1.82, 2.24) is 5.32 Å². The molecule has 0 amide bonds. The highest BCUT2D eigenvalue weighted by atomic mass is 16.6. The summed E-state index contributed by atoms with van der Waals surface area (Å²) < 4.78 is 10.5. The van der Waals surface area contributed by atoms with Crippen molar-refractivity contribution in [2.75, 3.05) is 20.3 Å². The highest BCUT2D eigenvalue weighted by molar-refractivity contribution is 5.80. The van der Waals surface area contributed by atoms with Gasteiger partial charge in [-0.25, -0.2) is 0 Å². The smallest absolute Gasteiger partial charge is 0.306 e. The van der Waals surface area contributed by atoms with Gasteiger partial charge < -0.3 is 19.6 Å². The van der Waals surface area contributed by atoms with Crippen LogP contribution in [-0.4, -0.2) is 44.2 Å². The van der Waals surface area contributed by atoms with Crippen molar-refractivity contribution in [1.29, 1.82) is 0 Å². The summed E-state index contributed by atoms with van der Waals surface area (Å²) in [7, 11) is 1.86. The van der Waals surface area contributed by atoms with Crippen molar-refractivity contribution < 1.29 is 19.1 Å². The van der Waals surface area contributed by atoms with E-state index in [2.05, 4.69) is 5.32 Å². The number of hydrogen-bond donors (Lipinski definition) is 1. The van der Waals surface area contributed by atoms with Crippen LogP contribution in [0.5, 0.6) is 0 Å². The summed E-state index contributed by atoms with van der Waals surface area (Å²) in [6.07, 6.45) is 1.28. The quantitative estimate of drug-likeness (QED) is 0.663. The standard InChI is InChI=1S/C11H19NO4/c1-8(13)3-4-11(14)16-7-10-9(12-2)5-6-15-10/h9-10,12H,3-7H2,1-2H3/t9-,10+/m0/s1. The molecule has 2 atom stereocenters. The van der Waals surface area contributed by atoms with E-state index < -0.39 is 0 Å². The predicted octanol–water partition coefficient (Wildman–Crippen LogP) is 0.276. The van der Waals surface area contributed by atoms with Crippen molar-refractivity contribution >= 4 is 11.8 Å². The van der Waals surface area contributed by atoms with Gasteiger partial charge in [0.1, 0.15) is 18.5 Å². The molecule has 1 saturated heterocycles. The van der Waals surface area contributed by atoms with Crippen LogP contribution in [-0.2, 0) is 19.1 Å². The molecule has 92 valence electrons. The van der Waals surface area contributed by atoms with Crippen LogP contribution in [0.15, 0.2) is 0 Å². The Morgan fingerprint density at radius 2 is 2.19 bits per heavy atom. The van der Waals surface area contributed by atoms with E-state index in [0.29, 0.717) is 6.61 Å². The van der Waals surface area contributed by atoms with Gasteiger partial charge in [-0.2, -0.15) is 0 Å². The number of Topliss-reactive ketones (excluding diaryl/α,β-unsaturated/α-hetero) is 1. The summed E-state index contributed by atoms with van der Waals surface area (Å²) in [4.78, 5) is 21.9. The lowest BCUT2D eigenvalue weighted by molar-refractivity contribution is -0.148. The molecule has 0 radical (unpaired) electrons. The second-order valence-electron chi connectivity index (χ2n) is 3.98. The zero-order chi connectivity index (χ0) is 12.0. The number of carbonyl (C=O) groups is 2. The first kappa shape index (κ1) is 13.1. The van der Waals surface area contributed by atoms with Crippen molar-refractivity contribution in [3.63, 3.8) is 0 Å². The summed E-state index contributed by atoms with van der Waals surface area (Å²) in [5.41, 5.74) is 0. The maximum Gasteiger partial charge on any atom is 0.306 e. The SMILES string of the molecule is CN[C@H]1CCO[C@@H]1COC(=O)CCC(C)=O. The zero-order valence-corrected chi connectivity index (χ0v) is 9.82. The molecule has 1 N–H and O–H groups in total. The second-order valence-corrected chi connectivity index (χ2v) is 3.98. The molecule has 0 spiro atoms. The fourth-order valence-corrected chi connectivity index (χ4v) is 1.67. The van der Waals surface area contributed by atoms with Gasteiger partial charge in [-0.15, -0.1) is 0 Å². The number of likely N-dealkylation sites (N-methyl/N-ethyl adjacent to an activating group) is 1. The molecule has 0 unspecified atom stereocenters. The van der Waals surface area contributed by atoms with Crippen molar-refractivity contribution in [2.24, 2.45) is 0 Å². The number of hydrogen-bond acceptors (Lipinski definition) is 5. The minimum Gasteiger partial charge on any atom is -0.463 e. The molecule has 1 aliphatic rings. The predicted molar refractivity (Wildman–Crippen MR) is 58.1 cm³/mol. The van der Waals surface area contributed by atoms with Gasteiger partial charge in [-0.3, -0.25) is 4.79 Å². The van der Waals surface area contributed by atoms with E-state index in [0.717, 1.165) is 6.42 Å². The van der Waals surface area contributed by atoms with Crippen molar-refractivity contribution in [3.8, 4) is 0 Å². The summed E-state index contributed by atoms with van der Waals surface area (Å²) in [5.74, 6) is -0.331. The van der Waals surface area contributed by atoms with Gasteiger partial charge in [-0.1, -0.05) is 0 Å². The minimum absolute atomic E-state index is 0.00201. The average Bonchev–Trinajstić information content (AvgIpc) is 2.70. The Bertz CT molecular complexity index is 254. The maximum absolute atomic E-state index is 11.2. The van der Waals surface area contributed by atoms with E-state index in [1.165, 1.54) is 6.92 Å². The van der Waals surface area contributed by atoms with Crippen LogP contribution in [0.3, 0.4) is 0 Å². The van der Waals surface area contributed by atoms with Gasteiger partial charge in [0.05, 0.1) is 6.42 Å². The van der Waals surface area contributed by atoms with Gasteiger partial charge in [0.25, 0.3) is 0 Å². The zero-order valence-electron chi connectivity index (χ0n) is 9.82. The van der Waals surface area contributed by atoms with Gasteiger partial charge in [0.2, 0.25) is 0 Å². The molecule has 0 aromatic heterocycles. The number of carbonyl (C=O) groups excluding carboxylic acids is 2. The van der Waals surface area contributed by atoms with Crippen molar-refractivity contribution in [2.45, 2.75) is 38.3 Å². The lowest BCUT2D eigenvalue weighted by Crippen LogP contribution is -2.37. The van der Waals surface area contributed by atoms with Crippen LogP contribution in [0.2, 0.25) is 0 Å². The first-order valence-corrected chi connectivity index (χ1v) is 5.57. The Kier molecular flexibility index (Phi) is 5.42. The van der Waals surface area contributed by atoms with Crippen LogP contribution in [0.4, 0.5) is 0 Å². The molecule has 1 aliphatic heterocycles.